The summed E-state index contributed by atoms with van der Waals surface area (Å²) in [5.41, 5.74) is 19.7. The summed E-state index contributed by atoms with van der Waals surface area (Å²) in [5, 5.41) is 0. The molecular weight excluding hydrogens is 726 g/mol. The van der Waals surface area contributed by atoms with Gasteiger partial charge in [-0.25, -0.2) is 0 Å². The van der Waals surface area contributed by atoms with Crippen molar-refractivity contribution in [3.63, 3.8) is 0 Å². The van der Waals surface area contributed by atoms with E-state index in [0.717, 1.165) is 28.6 Å². The topological polar surface area (TPSA) is 15.7 Å². The first kappa shape index (κ1) is 33.5. The van der Waals surface area contributed by atoms with E-state index in [-0.39, 0.29) is 13.4 Å². The summed E-state index contributed by atoms with van der Waals surface area (Å²) in [6.07, 6.45) is 0. The fraction of sp³-hybridized carbons (Fsp3) is 0.0182. The molecule has 0 saturated heterocycles. The highest BCUT2D eigenvalue weighted by atomic mass is 16.5. The fourth-order valence-electron chi connectivity index (χ4n) is 11.2. The van der Waals surface area contributed by atoms with Gasteiger partial charge in [-0.15, -0.1) is 0 Å². The summed E-state index contributed by atoms with van der Waals surface area (Å²) < 4.78 is 6.36. The van der Waals surface area contributed by atoms with E-state index in [1.807, 2.05) is 24.3 Å². The Morgan fingerprint density at radius 3 is 1.37 bits per heavy atom. The Balaban J connectivity index is 1.04. The molecule has 0 saturated carbocycles. The Morgan fingerprint density at radius 1 is 0.317 bits per heavy atom. The van der Waals surface area contributed by atoms with Crippen molar-refractivity contribution in [3.8, 4) is 11.5 Å². The molecule has 0 fully saturated rings. The molecule has 4 aliphatic heterocycles. The normalized spacial score (nSPS) is 14.5. The summed E-state index contributed by atoms with van der Waals surface area (Å²) in [6.45, 7) is 0.126. The van der Waals surface area contributed by atoms with Crippen LogP contribution in [0.2, 0.25) is 0 Å². The highest BCUT2D eigenvalue weighted by Gasteiger charge is 2.55. The second-order valence-electron chi connectivity index (χ2n) is 16.3. The lowest BCUT2D eigenvalue weighted by Gasteiger charge is -2.51. The van der Waals surface area contributed by atoms with Gasteiger partial charge >= 0.3 is 0 Å². The van der Waals surface area contributed by atoms with Gasteiger partial charge in [-0.1, -0.05) is 180 Å². The smallest absolute Gasteiger partial charge is 0.247 e. The summed E-state index contributed by atoms with van der Waals surface area (Å²) >= 11 is 0. The Hall–Kier alpha value is -7.49. The Bertz CT molecular complexity index is 3090. The zero-order valence-electron chi connectivity index (χ0n) is 32.7. The third-order valence-corrected chi connectivity index (χ3v) is 13.5. The van der Waals surface area contributed by atoms with Gasteiger partial charge in [0.1, 0.15) is 0 Å². The van der Waals surface area contributed by atoms with Crippen LogP contribution < -0.4 is 47.3 Å². The molecule has 9 aromatic carbocycles. The van der Waals surface area contributed by atoms with Crippen LogP contribution in [0.5, 0.6) is 11.5 Å². The quantitative estimate of drug-likeness (QED) is 0.167. The molecule has 4 heterocycles. The first-order chi connectivity index (χ1) is 29.8. The summed E-state index contributed by atoms with van der Waals surface area (Å²) in [6, 6.07) is 80.7. The third-order valence-electron chi connectivity index (χ3n) is 13.5. The van der Waals surface area contributed by atoms with Crippen molar-refractivity contribution >= 4 is 80.3 Å². The number of hydrogen-bond acceptors (Lipinski definition) is 3. The fourth-order valence-corrected chi connectivity index (χ4v) is 11.2. The van der Waals surface area contributed by atoms with E-state index in [1.54, 1.807) is 0 Å². The Labute approximate surface area is 351 Å². The van der Waals surface area contributed by atoms with Gasteiger partial charge in [-0.2, -0.15) is 0 Å². The average molecular weight is 763 g/mol. The first-order valence-electron chi connectivity index (χ1n) is 20.9. The molecule has 1 spiro atoms. The van der Waals surface area contributed by atoms with E-state index in [2.05, 4.69) is 204 Å². The number of fused-ring (bicyclic) bond motifs is 12. The lowest BCUT2D eigenvalue weighted by atomic mass is 9.25. The Kier molecular flexibility index (Phi) is 7.12. The second kappa shape index (κ2) is 12.8. The molecule has 4 aliphatic rings. The number of para-hydroxylation sites is 6. The molecule has 0 N–H and O–H groups in total. The van der Waals surface area contributed by atoms with Gasteiger partial charge < -0.3 is 14.5 Å². The van der Waals surface area contributed by atoms with Gasteiger partial charge in [0.2, 0.25) is 13.4 Å². The predicted octanol–water partition coefficient (Wildman–Crippen LogP) is 9.09. The third kappa shape index (κ3) is 4.47. The number of nitrogens with zero attached hydrogens (tertiary/aromatic N) is 2. The highest BCUT2D eigenvalue weighted by Crippen LogP contribution is 2.51. The van der Waals surface area contributed by atoms with Crippen molar-refractivity contribution in [1.29, 1.82) is 0 Å². The van der Waals surface area contributed by atoms with E-state index in [0.29, 0.717) is 0 Å². The molecule has 9 aromatic rings. The van der Waals surface area contributed by atoms with Crippen molar-refractivity contribution in [3.05, 3.63) is 241 Å². The Morgan fingerprint density at radius 2 is 0.750 bits per heavy atom. The van der Waals surface area contributed by atoms with Gasteiger partial charge in [0.25, 0.3) is 0 Å². The van der Waals surface area contributed by atoms with E-state index >= 15 is 0 Å². The molecular formula is C55H36B2N2O. The maximum atomic E-state index is 6.36. The minimum Gasteiger partial charge on any atom is -0.453 e. The van der Waals surface area contributed by atoms with E-state index < -0.39 is 5.41 Å². The van der Waals surface area contributed by atoms with Crippen molar-refractivity contribution in [1.82, 2.24) is 0 Å². The minimum absolute atomic E-state index is 0.0345. The van der Waals surface area contributed by atoms with E-state index in [1.165, 1.54) is 72.1 Å². The molecule has 5 heteroatoms. The van der Waals surface area contributed by atoms with Gasteiger partial charge in [0.05, 0.1) is 16.8 Å². The van der Waals surface area contributed by atoms with Crippen molar-refractivity contribution in [2.24, 2.45) is 0 Å². The van der Waals surface area contributed by atoms with Crippen LogP contribution in [0.3, 0.4) is 0 Å². The van der Waals surface area contributed by atoms with Gasteiger partial charge in [-0.05, 0) is 93.8 Å². The van der Waals surface area contributed by atoms with E-state index in [9.17, 15) is 0 Å². The number of benzene rings is 9. The first-order valence-corrected chi connectivity index (χ1v) is 20.9. The molecule has 0 aliphatic carbocycles. The minimum atomic E-state index is -0.544. The lowest BCUT2D eigenvalue weighted by molar-refractivity contribution is 0.477. The largest absolute Gasteiger partial charge is 0.453 e. The zero-order valence-corrected chi connectivity index (χ0v) is 32.7. The van der Waals surface area contributed by atoms with Gasteiger partial charge in [-0.3, -0.25) is 0 Å². The molecule has 13 rings (SSSR count). The van der Waals surface area contributed by atoms with Crippen LogP contribution >= 0.6 is 0 Å². The summed E-state index contributed by atoms with van der Waals surface area (Å²) in [7, 11) is 0. The van der Waals surface area contributed by atoms with Crippen LogP contribution in [-0.2, 0) is 5.41 Å². The second-order valence-corrected chi connectivity index (χ2v) is 16.3. The molecule has 0 bridgehead atoms. The average Bonchev–Trinajstić information content (AvgIpc) is 3.32. The number of anilines is 6. The van der Waals surface area contributed by atoms with Crippen LogP contribution in [-0.4, -0.2) is 13.4 Å². The maximum Gasteiger partial charge on any atom is 0.247 e. The summed E-state index contributed by atoms with van der Waals surface area (Å²) in [5.74, 6) is 1.71. The van der Waals surface area contributed by atoms with Gasteiger partial charge in [0.15, 0.2) is 11.5 Å². The van der Waals surface area contributed by atoms with Crippen LogP contribution in [0.1, 0.15) is 22.3 Å². The molecule has 60 heavy (non-hydrogen) atoms. The van der Waals surface area contributed by atoms with E-state index in [4.69, 9.17) is 4.74 Å². The lowest BCUT2D eigenvalue weighted by Crippen LogP contribution is -2.69. The van der Waals surface area contributed by atoms with Crippen molar-refractivity contribution in [2.45, 2.75) is 5.41 Å². The van der Waals surface area contributed by atoms with Crippen molar-refractivity contribution in [2.75, 3.05) is 9.80 Å². The molecule has 0 radical (unpaired) electrons. The van der Waals surface area contributed by atoms with Crippen LogP contribution in [0.4, 0.5) is 34.1 Å². The molecule has 3 nitrogen and oxygen atoms in total. The highest BCUT2D eigenvalue weighted by molar-refractivity contribution is 6.99. The van der Waals surface area contributed by atoms with Gasteiger partial charge in [0, 0.05) is 22.7 Å². The summed E-state index contributed by atoms with van der Waals surface area (Å²) in [4.78, 5) is 4.81. The standard InChI is InChI=1S/C55H36B2N2O/c1-2-17-38(18-3-1)58-48-27-11-10-26-47(48)57-46-25-9-6-21-42(46)55(43-22-16-30-51(58)54(43)57)40-19-4-7-23-44(40)56(45-24-8-5-20-41(45)55)37-33-35-39(36-34-37)59-49-28-12-14-31-52(49)60-53-32-15-13-29-50(53)59/h1-36H. The van der Waals surface area contributed by atoms with Crippen LogP contribution in [0.25, 0.3) is 0 Å². The molecule has 0 aromatic heterocycles. The monoisotopic (exact) mass is 762 g/mol. The van der Waals surface area contributed by atoms with Crippen molar-refractivity contribution < 1.29 is 4.74 Å². The SMILES string of the molecule is c1ccc(N2c3ccccc3B3c4ccccc4C4(c5ccccc5B(c5ccc(N6c7ccccc7Oc7ccccc76)cc5)c5ccccc54)c4cccc2c43)cc1. The number of rotatable bonds is 3. The van der Waals surface area contributed by atoms with Crippen LogP contribution in [0, 0.1) is 0 Å². The zero-order chi connectivity index (χ0) is 39.4. The predicted molar refractivity (Wildman–Crippen MR) is 250 cm³/mol. The number of ether oxygens (including phenoxy) is 1. The maximum absolute atomic E-state index is 6.36. The molecule has 0 amide bonds. The van der Waals surface area contributed by atoms with Crippen LogP contribution in [0.15, 0.2) is 218 Å². The molecule has 0 atom stereocenters. The molecule has 278 valence electrons. The molecule has 0 unspecified atom stereocenters. The number of hydrogen-bond donors (Lipinski definition) is 0.